The molecule has 34 heavy (non-hydrogen) atoms. The molecule has 6 heteroatoms. The van der Waals surface area contributed by atoms with E-state index in [2.05, 4.69) is 17.2 Å². The molecule has 6 nitrogen and oxygen atoms in total. The van der Waals surface area contributed by atoms with Crippen LogP contribution in [0.3, 0.4) is 0 Å². The maximum absolute atomic E-state index is 13.1. The number of amides is 1. The Hall–Kier alpha value is -4.19. The Morgan fingerprint density at radius 1 is 1.03 bits per heavy atom. The Kier molecular flexibility index (Phi) is 5.95. The molecule has 0 fully saturated rings. The van der Waals surface area contributed by atoms with E-state index in [4.69, 9.17) is 4.74 Å². The van der Waals surface area contributed by atoms with Gasteiger partial charge in [0.25, 0.3) is 5.91 Å². The van der Waals surface area contributed by atoms with Crippen LogP contribution < -0.4 is 0 Å². The van der Waals surface area contributed by atoms with Crippen LogP contribution in [0.4, 0.5) is 0 Å². The zero-order chi connectivity index (χ0) is 23.5. The molecular formula is C28H25N3O3. The molecule has 1 aromatic heterocycles. The minimum absolute atomic E-state index is 0.103. The first-order valence-corrected chi connectivity index (χ1v) is 11.3. The summed E-state index contributed by atoms with van der Waals surface area (Å²) in [5.41, 5.74) is 4.98. The molecule has 0 N–H and O–H groups in total. The number of cyclic esters (lactones) is 1. The van der Waals surface area contributed by atoms with Gasteiger partial charge in [0.1, 0.15) is 6.10 Å². The van der Waals surface area contributed by atoms with Gasteiger partial charge in [-0.3, -0.25) is 9.48 Å². The maximum atomic E-state index is 13.1. The Bertz CT molecular complexity index is 1320. The van der Waals surface area contributed by atoms with E-state index >= 15 is 0 Å². The summed E-state index contributed by atoms with van der Waals surface area (Å²) in [5.74, 6) is -0.456. The fourth-order valence-corrected chi connectivity index (χ4v) is 4.29. The SMILES string of the molecule is CN(Cc1cnn(Cc2ccccc2)c1)C(=O)c1ccc2c(c1)C[C@@H](c1ccccc1)OC2=O. The van der Waals surface area contributed by atoms with Crippen LogP contribution in [0, 0.1) is 0 Å². The van der Waals surface area contributed by atoms with Crippen molar-refractivity contribution < 1.29 is 14.3 Å². The lowest BCUT2D eigenvalue weighted by Crippen LogP contribution is -2.27. The van der Waals surface area contributed by atoms with Crippen LogP contribution in [0.1, 0.15) is 49.1 Å². The Morgan fingerprint density at radius 3 is 2.53 bits per heavy atom. The molecule has 170 valence electrons. The van der Waals surface area contributed by atoms with Crippen LogP contribution in [0.2, 0.25) is 0 Å². The second-order valence-electron chi connectivity index (χ2n) is 8.57. The zero-order valence-electron chi connectivity index (χ0n) is 18.9. The zero-order valence-corrected chi connectivity index (χ0v) is 18.9. The minimum Gasteiger partial charge on any atom is -0.454 e. The molecular weight excluding hydrogens is 426 g/mol. The van der Waals surface area contributed by atoms with E-state index in [1.807, 2.05) is 65.5 Å². The van der Waals surface area contributed by atoms with E-state index in [9.17, 15) is 9.59 Å². The second-order valence-corrected chi connectivity index (χ2v) is 8.57. The fourth-order valence-electron chi connectivity index (χ4n) is 4.29. The molecule has 0 aliphatic carbocycles. The normalized spacial score (nSPS) is 14.9. The Labute approximate surface area is 198 Å². The number of esters is 1. The van der Waals surface area contributed by atoms with Crippen molar-refractivity contribution in [1.82, 2.24) is 14.7 Å². The lowest BCUT2D eigenvalue weighted by molar-refractivity contribution is 0.0252. The molecule has 3 aromatic carbocycles. The van der Waals surface area contributed by atoms with Crippen molar-refractivity contribution >= 4 is 11.9 Å². The maximum Gasteiger partial charge on any atom is 0.339 e. The van der Waals surface area contributed by atoms with E-state index in [1.54, 1.807) is 30.3 Å². The minimum atomic E-state index is -0.353. The van der Waals surface area contributed by atoms with Gasteiger partial charge in [0, 0.05) is 37.3 Å². The van der Waals surface area contributed by atoms with Gasteiger partial charge in [-0.15, -0.1) is 0 Å². The number of hydrogen-bond acceptors (Lipinski definition) is 4. The van der Waals surface area contributed by atoms with E-state index in [-0.39, 0.29) is 18.0 Å². The first kappa shape index (κ1) is 21.6. The summed E-state index contributed by atoms with van der Waals surface area (Å²) in [6, 6.07) is 25.0. The standard InChI is InChI=1S/C28H25N3O3/c1-30(17-21-16-29-31(19-21)18-20-8-4-2-5-9-20)27(32)23-12-13-25-24(14-23)15-26(34-28(25)33)22-10-6-3-7-11-22/h2-14,16,19,26H,15,17-18H2,1H3/t26-/m0/s1. The molecule has 1 aliphatic heterocycles. The van der Waals surface area contributed by atoms with Gasteiger partial charge >= 0.3 is 5.97 Å². The summed E-state index contributed by atoms with van der Waals surface area (Å²) in [4.78, 5) is 27.3. The second kappa shape index (κ2) is 9.35. The topological polar surface area (TPSA) is 64.4 Å². The lowest BCUT2D eigenvalue weighted by Gasteiger charge is -2.26. The highest BCUT2D eigenvalue weighted by Crippen LogP contribution is 2.31. The van der Waals surface area contributed by atoms with Crippen LogP contribution in [-0.4, -0.2) is 33.6 Å². The van der Waals surface area contributed by atoms with Crippen molar-refractivity contribution in [2.75, 3.05) is 7.05 Å². The molecule has 1 aliphatic rings. The summed E-state index contributed by atoms with van der Waals surface area (Å²) in [5, 5.41) is 4.43. The quantitative estimate of drug-likeness (QED) is 0.400. The molecule has 4 aromatic rings. The predicted octanol–water partition coefficient (Wildman–Crippen LogP) is 4.66. The van der Waals surface area contributed by atoms with E-state index in [0.717, 1.165) is 16.7 Å². The van der Waals surface area contributed by atoms with Gasteiger partial charge in [-0.05, 0) is 34.9 Å². The fraction of sp³-hybridized carbons (Fsp3) is 0.179. The molecule has 0 saturated carbocycles. The number of aromatic nitrogens is 2. The van der Waals surface area contributed by atoms with Crippen LogP contribution in [0.25, 0.3) is 0 Å². The Balaban J connectivity index is 1.28. The number of rotatable bonds is 6. The van der Waals surface area contributed by atoms with Gasteiger partial charge in [0.15, 0.2) is 0 Å². The molecule has 0 unspecified atom stereocenters. The number of carbonyl (C=O) groups excluding carboxylic acids is 2. The lowest BCUT2D eigenvalue weighted by atomic mass is 9.93. The van der Waals surface area contributed by atoms with Gasteiger partial charge in [0.2, 0.25) is 0 Å². The highest BCUT2D eigenvalue weighted by molar-refractivity contribution is 5.97. The molecule has 5 rings (SSSR count). The van der Waals surface area contributed by atoms with Gasteiger partial charge in [-0.2, -0.15) is 5.10 Å². The molecule has 0 bridgehead atoms. The van der Waals surface area contributed by atoms with Crippen LogP contribution >= 0.6 is 0 Å². The van der Waals surface area contributed by atoms with Crippen molar-refractivity contribution in [1.29, 1.82) is 0 Å². The number of fused-ring (bicyclic) bond motifs is 1. The first-order valence-electron chi connectivity index (χ1n) is 11.3. The third kappa shape index (κ3) is 4.62. The van der Waals surface area contributed by atoms with Crippen molar-refractivity contribution in [3.8, 4) is 0 Å². The summed E-state index contributed by atoms with van der Waals surface area (Å²) in [7, 11) is 1.78. The van der Waals surface area contributed by atoms with Gasteiger partial charge in [-0.25, -0.2) is 4.79 Å². The van der Waals surface area contributed by atoms with Crippen molar-refractivity contribution in [2.24, 2.45) is 0 Å². The number of nitrogens with zero attached hydrogens (tertiary/aromatic N) is 3. The Morgan fingerprint density at radius 2 is 1.76 bits per heavy atom. The molecule has 2 heterocycles. The molecule has 0 radical (unpaired) electrons. The number of benzene rings is 3. The average Bonchev–Trinajstić information content (AvgIpc) is 3.30. The largest absolute Gasteiger partial charge is 0.454 e. The van der Waals surface area contributed by atoms with Crippen molar-refractivity contribution in [3.05, 3.63) is 125 Å². The third-order valence-electron chi connectivity index (χ3n) is 6.04. The van der Waals surface area contributed by atoms with Gasteiger partial charge in [-0.1, -0.05) is 60.7 Å². The highest BCUT2D eigenvalue weighted by atomic mass is 16.5. The molecule has 1 amide bonds. The third-order valence-corrected chi connectivity index (χ3v) is 6.04. The van der Waals surface area contributed by atoms with Gasteiger partial charge in [0.05, 0.1) is 18.3 Å². The number of carbonyl (C=O) groups is 2. The van der Waals surface area contributed by atoms with Gasteiger partial charge < -0.3 is 9.64 Å². The van der Waals surface area contributed by atoms with E-state index in [0.29, 0.717) is 30.6 Å². The average molecular weight is 452 g/mol. The molecule has 1 atom stereocenters. The number of ether oxygens (including phenoxy) is 1. The molecule has 0 spiro atoms. The van der Waals surface area contributed by atoms with Crippen LogP contribution in [-0.2, 0) is 24.2 Å². The van der Waals surface area contributed by atoms with Crippen LogP contribution in [0.5, 0.6) is 0 Å². The smallest absolute Gasteiger partial charge is 0.339 e. The summed E-state index contributed by atoms with van der Waals surface area (Å²) >= 11 is 0. The molecule has 0 saturated heterocycles. The van der Waals surface area contributed by atoms with Crippen molar-refractivity contribution in [3.63, 3.8) is 0 Å². The summed E-state index contributed by atoms with van der Waals surface area (Å²) in [6.45, 7) is 1.13. The van der Waals surface area contributed by atoms with Crippen LogP contribution in [0.15, 0.2) is 91.3 Å². The predicted molar refractivity (Wildman–Crippen MR) is 128 cm³/mol. The van der Waals surface area contributed by atoms with E-state index in [1.165, 1.54) is 5.56 Å². The van der Waals surface area contributed by atoms with Crippen molar-refractivity contribution in [2.45, 2.75) is 25.6 Å². The van der Waals surface area contributed by atoms with E-state index < -0.39 is 0 Å². The number of hydrogen-bond donors (Lipinski definition) is 0. The highest BCUT2D eigenvalue weighted by Gasteiger charge is 2.28. The summed E-state index contributed by atoms with van der Waals surface area (Å²) in [6.07, 6.45) is 3.95. The first-order chi connectivity index (χ1) is 16.6. The monoisotopic (exact) mass is 451 g/mol. The summed E-state index contributed by atoms with van der Waals surface area (Å²) < 4.78 is 7.50.